The lowest BCUT2D eigenvalue weighted by molar-refractivity contribution is 0.0773. The summed E-state index contributed by atoms with van der Waals surface area (Å²) in [6.07, 6.45) is 0. The molecule has 19 heavy (non-hydrogen) atoms. The third kappa shape index (κ3) is 4.56. The van der Waals surface area contributed by atoms with Gasteiger partial charge in [0.15, 0.2) is 0 Å². The van der Waals surface area contributed by atoms with Crippen LogP contribution in [0.2, 0.25) is 0 Å². The fourth-order valence-corrected chi connectivity index (χ4v) is 1.98. The van der Waals surface area contributed by atoms with Crippen LogP contribution in [0.4, 0.5) is 5.69 Å². The van der Waals surface area contributed by atoms with Crippen molar-refractivity contribution in [1.82, 2.24) is 4.90 Å². The van der Waals surface area contributed by atoms with Crippen LogP contribution in [-0.2, 0) is 4.74 Å². The van der Waals surface area contributed by atoms with Gasteiger partial charge in [0.1, 0.15) is 0 Å². The molecule has 4 nitrogen and oxygen atoms in total. The average Bonchev–Trinajstić information content (AvgIpc) is 2.41. The van der Waals surface area contributed by atoms with Crippen LogP contribution in [0.1, 0.15) is 31.1 Å². The summed E-state index contributed by atoms with van der Waals surface area (Å²) >= 11 is 0. The molecular weight excluding hydrogens is 240 g/mol. The molecule has 0 aliphatic carbocycles. The van der Waals surface area contributed by atoms with E-state index in [1.807, 2.05) is 43.0 Å². The van der Waals surface area contributed by atoms with Gasteiger partial charge in [-0.3, -0.25) is 4.79 Å². The first-order valence-corrected chi connectivity index (χ1v) is 6.77. The van der Waals surface area contributed by atoms with Crippen LogP contribution in [0.5, 0.6) is 0 Å². The van der Waals surface area contributed by atoms with Crippen molar-refractivity contribution in [3.05, 3.63) is 29.8 Å². The summed E-state index contributed by atoms with van der Waals surface area (Å²) in [6.45, 7) is 8.16. The van der Waals surface area contributed by atoms with E-state index in [4.69, 9.17) is 4.74 Å². The van der Waals surface area contributed by atoms with Crippen LogP contribution in [0.3, 0.4) is 0 Å². The van der Waals surface area contributed by atoms with Gasteiger partial charge in [-0.05, 0) is 45.0 Å². The van der Waals surface area contributed by atoms with Gasteiger partial charge in [0.2, 0.25) is 0 Å². The largest absolute Gasteiger partial charge is 0.383 e. The number of hydrogen-bond acceptors (Lipinski definition) is 3. The maximum Gasteiger partial charge on any atom is 0.253 e. The van der Waals surface area contributed by atoms with E-state index < -0.39 is 0 Å². The predicted molar refractivity (Wildman–Crippen MR) is 78.7 cm³/mol. The molecule has 1 unspecified atom stereocenters. The molecule has 4 heteroatoms. The molecule has 0 aliphatic rings. The highest BCUT2D eigenvalue weighted by atomic mass is 16.5. The molecule has 0 saturated carbocycles. The summed E-state index contributed by atoms with van der Waals surface area (Å²) < 4.78 is 5.08. The van der Waals surface area contributed by atoms with Gasteiger partial charge in [0.05, 0.1) is 6.61 Å². The minimum absolute atomic E-state index is 0.0847. The van der Waals surface area contributed by atoms with Gasteiger partial charge < -0.3 is 15.0 Å². The second kappa shape index (κ2) is 7.79. The highest BCUT2D eigenvalue weighted by molar-refractivity contribution is 5.94. The van der Waals surface area contributed by atoms with Crippen LogP contribution < -0.4 is 5.32 Å². The molecule has 0 aromatic heterocycles. The van der Waals surface area contributed by atoms with E-state index in [1.165, 1.54) is 0 Å². The van der Waals surface area contributed by atoms with Crippen molar-refractivity contribution in [2.75, 3.05) is 32.1 Å². The summed E-state index contributed by atoms with van der Waals surface area (Å²) in [4.78, 5) is 13.9. The maximum atomic E-state index is 12.1. The molecule has 1 amide bonds. The summed E-state index contributed by atoms with van der Waals surface area (Å²) in [5.74, 6) is 0.0847. The van der Waals surface area contributed by atoms with E-state index in [1.54, 1.807) is 7.11 Å². The number of carbonyl (C=O) groups excluding carboxylic acids is 1. The summed E-state index contributed by atoms with van der Waals surface area (Å²) in [7, 11) is 1.68. The van der Waals surface area contributed by atoms with Gasteiger partial charge >= 0.3 is 0 Å². The Labute approximate surface area is 115 Å². The van der Waals surface area contributed by atoms with Gasteiger partial charge in [-0.25, -0.2) is 0 Å². The molecule has 1 aromatic carbocycles. The summed E-state index contributed by atoms with van der Waals surface area (Å²) in [5.41, 5.74) is 1.73. The van der Waals surface area contributed by atoms with Crippen molar-refractivity contribution in [2.24, 2.45) is 0 Å². The van der Waals surface area contributed by atoms with Gasteiger partial charge in [0.25, 0.3) is 5.91 Å². The second-order valence-electron chi connectivity index (χ2n) is 4.56. The average molecular weight is 264 g/mol. The van der Waals surface area contributed by atoms with E-state index in [2.05, 4.69) is 12.2 Å². The van der Waals surface area contributed by atoms with Crippen molar-refractivity contribution in [3.63, 3.8) is 0 Å². The first-order valence-electron chi connectivity index (χ1n) is 6.77. The molecule has 106 valence electrons. The number of hydrogen-bond donors (Lipinski definition) is 1. The first kappa shape index (κ1) is 15.5. The van der Waals surface area contributed by atoms with Gasteiger partial charge in [0, 0.05) is 37.5 Å². The summed E-state index contributed by atoms with van der Waals surface area (Å²) in [5, 5.41) is 3.32. The standard InChI is InChI=1S/C15H24N2O2/c1-5-17(6-2)15(18)13-7-9-14(10-8-13)16-12(3)11-19-4/h7-10,12,16H,5-6,11H2,1-4H3. The Bertz CT molecular complexity index is 386. The van der Waals surface area contributed by atoms with Crippen molar-refractivity contribution >= 4 is 11.6 Å². The van der Waals surface area contributed by atoms with Gasteiger partial charge in [-0.1, -0.05) is 0 Å². The fourth-order valence-electron chi connectivity index (χ4n) is 1.98. The fraction of sp³-hybridized carbons (Fsp3) is 0.533. The number of amides is 1. The zero-order chi connectivity index (χ0) is 14.3. The van der Waals surface area contributed by atoms with E-state index in [-0.39, 0.29) is 11.9 Å². The van der Waals surface area contributed by atoms with Crippen molar-refractivity contribution in [1.29, 1.82) is 0 Å². The lowest BCUT2D eigenvalue weighted by Crippen LogP contribution is -2.30. The minimum atomic E-state index is 0.0847. The number of carbonyl (C=O) groups is 1. The lowest BCUT2D eigenvalue weighted by atomic mass is 10.1. The molecule has 0 aliphatic heterocycles. The zero-order valence-electron chi connectivity index (χ0n) is 12.3. The van der Waals surface area contributed by atoms with Gasteiger partial charge in [-0.15, -0.1) is 0 Å². The predicted octanol–water partition coefficient (Wildman–Crippen LogP) is 2.62. The molecule has 0 fully saturated rings. The Morgan fingerprint density at radius 1 is 1.26 bits per heavy atom. The molecular formula is C15H24N2O2. The van der Waals surface area contributed by atoms with Gasteiger partial charge in [-0.2, -0.15) is 0 Å². The van der Waals surface area contributed by atoms with Crippen LogP contribution in [0.15, 0.2) is 24.3 Å². The molecule has 0 radical (unpaired) electrons. The molecule has 0 heterocycles. The smallest absolute Gasteiger partial charge is 0.253 e. The quantitative estimate of drug-likeness (QED) is 0.823. The first-order chi connectivity index (χ1) is 9.12. The van der Waals surface area contributed by atoms with E-state index in [0.717, 1.165) is 24.3 Å². The van der Waals surface area contributed by atoms with Crippen molar-refractivity contribution in [3.8, 4) is 0 Å². The van der Waals surface area contributed by atoms with Crippen molar-refractivity contribution in [2.45, 2.75) is 26.8 Å². The third-order valence-electron chi connectivity index (χ3n) is 3.01. The number of nitrogens with one attached hydrogen (secondary N) is 1. The highest BCUT2D eigenvalue weighted by Gasteiger charge is 2.12. The van der Waals surface area contributed by atoms with E-state index in [9.17, 15) is 4.79 Å². The Morgan fingerprint density at radius 3 is 2.32 bits per heavy atom. The Hall–Kier alpha value is -1.55. The number of rotatable bonds is 7. The number of methoxy groups -OCH3 is 1. The molecule has 0 spiro atoms. The summed E-state index contributed by atoms with van der Waals surface area (Å²) in [6, 6.07) is 7.84. The number of anilines is 1. The molecule has 1 atom stereocenters. The SMILES string of the molecule is CCN(CC)C(=O)c1ccc(NC(C)COC)cc1. The number of benzene rings is 1. The molecule has 1 N–H and O–H groups in total. The molecule has 1 aromatic rings. The second-order valence-corrected chi connectivity index (χ2v) is 4.56. The van der Waals surface area contributed by atoms with E-state index >= 15 is 0 Å². The zero-order valence-corrected chi connectivity index (χ0v) is 12.3. The Balaban J connectivity index is 2.68. The Kier molecular flexibility index (Phi) is 6.36. The molecule has 0 saturated heterocycles. The highest BCUT2D eigenvalue weighted by Crippen LogP contribution is 2.12. The minimum Gasteiger partial charge on any atom is -0.383 e. The third-order valence-corrected chi connectivity index (χ3v) is 3.01. The maximum absolute atomic E-state index is 12.1. The lowest BCUT2D eigenvalue weighted by Gasteiger charge is -2.19. The number of nitrogens with zero attached hydrogens (tertiary/aromatic N) is 1. The topological polar surface area (TPSA) is 41.6 Å². The van der Waals surface area contributed by atoms with Crippen LogP contribution in [0, 0.1) is 0 Å². The molecule has 1 rings (SSSR count). The molecule has 0 bridgehead atoms. The normalized spacial score (nSPS) is 12.0. The van der Waals surface area contributed by atoms with E-state index in [0.29, 0.717) is 6.61 Å². The van der Waals surface area contributed by atoms with Crippen molar-refractivity contribution < 1.29 is 9.53 Å². The van der Waals surface area contributed by atoms with Crippen LogP contribution >= 0.6 is 0 Å². The van der Waals surface area contributed by atoms with Crippen LogP contribution in [0.25, 0.3) is 0 Å². The Morgan fingerprint density at radius 2 is 1.84 bits per heavy atom. The monoisotopic (exact) mass is 264 g/mol. The van der Waals surface area contributed by atoms with Crippen LogP contribution in [-0.4, -0.2) is 43.7 Å². The number of ether oxygens (including phenoxy) is 1.